The Bertz CT molecular complexity index is 634. The highest BCUT2D eigenvalue weighted by atomic mass is 19.3. The molecule has 2 aliphatic heterocycles. The molecule has 1 aromatic rings. The average Bonchev–Trinajstić information content (AvgIpc) is 3.20. The predicted octanol–water partition coefficient (Wildman–Crippen LogP) is 3.18. The minimum atomic E-state index is -2.76. The summed E-state index contributed by atoms with van der Waals surface area (Å²) in [6.07, 6.45) is 1.34. The van der Waals surface area contributed by atoms with Gasteiger partial charge in [0.1, 0.15) is 5.69 Å². The maximum Gasteiger partial charge on any atom is 0.282 e. The van der Waals surface area contributed by atoms with Gasteiger partial charge < -0.3 is 10.2 Å². The first-order chi connectivity index (χ1) is 12.3. The normalized spacial score (nSPS) is 22.4. The number of nitrogens with one attached hydrogen (secondary N) is 1. The molecular weight excluding hydrogens is 340 g/mol. The standard InChI is InChI=1S/C18H29F2N5O/c1-18(2,3)11-13-5-4-10-24(13)17(26)14-15(16(19)20)25(23-22-14)12-6-8-21-9-7-12/h12-13,16,21H,4-11H2,1-3H3/t13-/m1/s1. The van der Waals surface area contributed by atoms with Gasteiger partial charge in [-0.3, -0.25) is 4.79 Å². The number of amides is 1. The zero-order valence-corrected chi connectivity index (χ0v) is 15.8. The second kappa shape index (κ2) is 7.58. The van der Waals surface area contributed by atoms with Crippen LogP contribution in [0.5, 0.6) is 0 Å². The van der Waals surface area contributed by atoms with Crippen LogP contribution in [0.2, 0.25) is 0 Å². The molecule has 146 valence electrons. The minimum Gasteiger partial charge on any atom is -0.334 e. The Balaban J connectivity index is 1.86. The fourth-order valence-corrected chi connectivity index (χ4v) is 4.14. The number of aromatic nitrogens is 3. The van der Waals surface area contributed by atoms with Crippen LogP contribution in [0.15, 0.2) is 0 Å². The van der Waals surface area contributed by atoms with Crippen LogP contribution < -0.4 is 5.32 Å². The van der Waals surface area contributed by atoms with E-state index in [9.17, 15) is 13.6 Å². The number of alkyl halides is 2. The molecule has 8 heteroatoms. The van der Waals surface area contributed by atoms with Crippen molar-refractivity contribution in [3.05, 3.63) is 11.4 Å². The lowest BCUT2D eigenvalue weighted by molar-refractivity contribution is 0.0683. The molecule has 0 bridgehead atoms. The van der Waals surface area contributed by atoms with E-state index in [1.54, 1.807) is 4.90 Å². The Morgan fingerprint density at radius 1 is 1.27 bits per heavy atom. The number of nitrogens with zero attached hydrogens (tertiary/aromatic N) is 4. The minimum absolute atomic E-state index is 0.0752. The van der Waals surface area contributed by atoms with Crippen molar-refractivity contribution in [3.8, 4) is 0 Å². The molecule has 1 atom stereocenters. The lowest BCUT2D eigenvalue weighted by atomic mass is 9.87. The van der Waals surface area contributed by atoms with E-state index < -0.39 is 12.3 Å². The van der Waals surface area contributed by atoms with Gasteiger partial charge in [-0.1, -0.05) is 26.0 Å². The van der Waals surface area contributed by atoms with Crippen molar-refractivity contribution in [3.63, 3.8) is 0 Å². The van der Waals surface area contributed by atoms with Gasteiger partial charge in [0, 0.05) is 12.6 Å². The summed E-state index contributed by atoms with van der Waals surface area (Å²) in [5, 5.41) is 11.1. The third-order valence-electron chi connectivity index (χ3n) is 5.28. The number of hydrogen-bond acceptors (Lipinski definition) is 4. The van der Waals surface area contributed by atoms with Crippen LogP contribution in [0, 0.1) is 5.41 Å². The van der Waals surface area contributed by atoms with Crippen LogP contribution in [0.25, 0.3) is 0 Å². The van der Waals surface area contributed by atoms with Gasteiger partial charge in [-0.2, -0.15) is 0 Å². The van der Waals surface area contributed by atoms with Crippen LogP contribution in [0.4, 0.5) is 8.78 Å². The Hall–Kier alpha value is -1.57. The Morgan fingerprint density at radius 3 is 2.58 bits per heavy atom. The summed E-state index contributed by atoms with van der Waals surface area (Å²) < 4.78 is 28.9. The van der Waals surface area contributed by atoms with Gasteiger partial charge in [-0.05, 0) is 50.6 Å². The summed E-state index contributed by atoms with van der Waals surface area (Å²) in [7, 11) is 0. The van der Waals surface area contributed by atoms with Gasteiger partial charge in [0.2, 0.25) is 0 Å². The maximum absolute atomic E-state index is 13.8. The molecule has 2 aliphatic rings. The Morgan fingerprint density at radius 2 is 1.96 bits per heavy atom. The first-order valence-electron chi connectivity index (χ1n) is 9.53. The van der Waals surface area contributed by atoms with E-state index in [2.05, 4.69) is 36.4 Å². The molecule has 0 aliphatic carbocycles. The number of carbonyl (C=O) groups excluding carboxylic acids is 1. The second-order valence-corrected chi connectivity index (χ2v) is 8.61. The van der Waals surface area contributed by atoms with Gasteiger partial charge in [0.05, 0.1) is 6.04 Å². The number of piperidine rings is 1. The van der Waals surface area contributed by atoms with Gasteiger partial charge in [0.15, 0.2) is 5.69 Å². The molecule has 0 aromatic carbocycles. The molecule has 3 heterocycles. The predicted molar refractivity (Wildman–Crippen MR) is 94.3 cm³/mol. The van der Waals surface area contributed by atoms with Gasteiger partial charge in [0.25, 0.3) is 12.3 Å². The molecule has 26 heavy (non-hydrogen) atoms. The fraction of sp³-hybridized carbons (Fsp3) is 0.833. The number of carbonyl (C=O) groups is 1. The van der Waals surface area contributed by atoms with E-state index in [4.69, 9.17) is 0 Å². The SMILES string of the molecule is CC(C)(C)C[C@H]1CCCN1C(=O)c1nnn(C2CCNCC2)c1C(F)F. The van der Waals surface area contributed by atoms with E-state index in [-0.39, 0.29) is 28.9 Å². The van der Waals surface area contributed by atoms with E-state index in [1.165, 1.54) is 4.68 Å². The summed E-state index contributed by atoms with van der Waals surface area (Å²) in [4.78, 5) is 14.8. The van der Waals surface area contributed by atoms with Crippen LogP contribution >= 0.6 is 0 Å². The molecular formula is C18H29F2N5O. The molecule has 1 amide bonds. The molecule has 1 aromatic heterocycles. The Labute approximate surface area is 153 Å². The summed E-state index contributed by atoms with van der Waals surface area (Å²) in [6, 6.07) is -0.0460. The van der Waals surface area contributed by atoms with Crippen LogP contribution in [0.3, 0.4) is 0 Å². The molecule has 0 unspecified atom stereocenters. The van der Waals surface area contributed by atoms with Crippen LogP contribution in [0.1, 0.15) is 81.5 Å². The molecule has 1 N–H and O–H groups in total. The zero-order chi connectivity index (χ0) is 18.9. The van der Waals surface area contributed by atoms with Crippen molar-refractivity contribution in [2.75, 3.05) is 19.6 Å². The molecule has 0 spiro atoms. The number of rotatable bonds is 4. The molecule has 0 radical (unpaired) electrons. The summed E-state index contributed by atoms with van der Waals surface area (Å²) in [5.74, 6) is -0.396. The van der Waals surface area contributed by atoms with E-state index in [0.29, 0.717) is 19.4 Å². The van der Waals surface area contributed by atoms with Gasteiger partial charge in [-0.25, -0.2) is 13.5 Å². The van der Waals surface area contributed by atoms with Crippen molar-refractivity contribution >= 4 is 5.91 Å². The largest absolute Gasteiger partial charge is 0.334 e. The quantitative estimate of drug-likeness (QED) is 0.885. The van der Waals surface area contributed by atoms with E-state index in [1.807, 2.05) is 0 Å². The number of halogens is 2. The smallest absolute Gasteiger partial charge is 0.282 e. The van der Waals surface area contributed by atoms with Crippen LogP contribution in [-0.4, -0.2) is 51.5 Å². The third-order valence-corrected chi connectivity index (χ3v) is 5.28. The fourth-order valence-electron chi connectivity index (χ4n) is 4.14. The second-order valence-electron chi connectivity index (χ2n) is 8.61. The number of likely N-dealkylation sites (tertiary alicyclic amines) is 1. The van der Waals surface area contributed by atoms with E-state index in [0.717, 1.165) is 32.4 Å². The van der Waals surface area contributed by atoms with Crippen LogP contribution in [-0.2, 0) is 0 Å². The summed E-state index contributed by atoms with van der Waals surface area (Å²) in [6.45, 7) is 8.51. The van der Waals surface area contributed by atoms with Gasteiger partial charge >= 0.3 is 0 Å². The third kappa shape index (κ3) is 4.05. The highest BCUT2D eigenvalue weighted by Gasteiger charge is 2.37. The number of hydrogen-bond donors (Lipinski definition) is 1. The molecule has 2 saturated heterocycles. The summed E-state index contributed by atoms with van der Waals surface area (Å²) >= 11 is 0. The molecule has 3 rings (SSSR count). The highest BCUT2D eigenvalue weighted by molar-refractivity contribution is 5.93. The topological polar surface area (TPSA) is 63.1 Å². The first-order valence-corrected chi connectivity index (χ1v) is 9.53. The maximum atomic E-state index is 13.8. The monoisotopic (exact) mass is 369 g/mol. The van der Waals surface area contributed by atoms with Crippen molar-refractivity contribution in [2.45, 2.75) is 71.4 Å². The molecule has 0 saturated carbocycles. The molecule has 6 nitrogen and oxygen atoms in total. The zero-order valence-electron chi connectivity index (χ0n) is 15.8. The average molecular weight is 369 g/mol. The lowest BCUT2D eigenvalue weighted by Crippen LogP contribution is -2.38. The van der Waals surface area contributed by atoms with E-state index >= 15 is 0 Å². The van der Waals surface area contributed by atoms with Crippen molar-refractivity contribution in [1.29, 1.82) is 0 Å². The highest BCUT2D eigenvalue weighted by Crippen LogP contribution is 2.33. The Kier molecular flexibility index (Phi) is 5.60. The van der Waals surface area contributed by atoms with Crippen molar-refractivity contribution < 1.29 is 13.6 Å². The van der Waals surface area contributed by atoms with Crippen molar-refractivity contribution in [2.24, 2.45) is 5.41 Å². The van der Waals surface area contributed by atoms with Gasteiger partial charge in [-0.15, -0.1) is 5.10 Å². The lowest BCUT2D eigenvalue weighted by Gasteiger charge is -2.30. The summed E-state index contributed by atoms with van der Waals surface area (Å²) in [5.41, 5.74) is -0.408. The molecule has 2 fully saturated rings. The van der Waals surface area contributed by atoms with Crippen molar-refractivity contribution in [1.82, 2.24) is 25.2 Å². The first kappa shape index (κ1) is 19.2.